The van der Waals surface area contributed by atoms with Crippen LogP contribution in [0.3, 0.4) is 0 Å². The zero-order valence-corrected chi connectivity index (χ0v) is 20.8. The topological polar surface area (TPSA) is 37.3 Å². The molecule has 0 heterocycles. The number of nitrogens with zero attached hydrogens (tertiary/aromatic N) is 1. The van der Waals surface area contributed by atoms with Gasteiger partial charge in [0.1, 0.15) is 0 Å². The molecule has 0 saturated heterocycles. The molecule has 172 valence electrons. The van der Waals surface area contributed by atoms with Crippen LogP contribution in [-0.2, 0) is 4.79 Å². The summed E-state index contributed by atoms with van der Waals surface area (Å²) in [5.41, 5.74) is 0. The number of hydrogen-bond acceptors (Lipinski definition) is 2. The second-order valence-electron chi connectivity index (χ2n) is 8.89. The van der Waals surface area contributed by atoms with Gasteiger partial charge < -0.3 is 17.5 Å². The fourth-order valence-corrected chi connectivity index (χ4v) is 3.28. The molecule has 0 aromatic carbocycles. The van der Waals surface area contributed by atoms with Crippen molar-refractivity contribution >= 4 is 5.91 Å². The number of halogens is 1. The summed E-state index contributed by atoms with van der Waals surface area (Å²) in [6.45, 7) is 8.84. The molecule has 0 spiro atoms. The first kappa shape index (κ1) is 32.5. The summed E-state index contributed by atoms with van der Waals surface area (Å²) in [7, 11) is 4.10. The minimum absolute atomic E-state index is 0. The van der Waals surface area contributed by atoms with Crippen molar-refractivity contribution in [2.24, 2.45) is 0 Å². The molecule has 0 atom stereocenters. The molecule has 1 N–H and O–H groups in total. The van der Waals surface area contributed by atoms with E-state index in [9.17, 15) is 4.79 Å². The van der Waals surface area contributed by atoms with Crippen molar-refractivity contribution in [2.45, 2.75) is 130 Å². The summed E-state index contributed by atoms with van der Waals surface area (Å²) in [6, 6.07) is 0. The maximum Gasteiger partial charge on any atom is 0.313 e. The van der Waals surface area contributed by atoms with Crippen molar-refractivity contribution in [1.82, 2.24) is 0 Å². The summed E-state index contributed by atoms with van der Waals surface area (Å²) in [4.78, 5) is 12.1. The van der Waals surface area contributed by atoms with E-state index in [1.807, 2.05) is 14.1 Å². The highest BCUT2D eigenvalue weighted by Crippen LogP contribution is 2.14. The number of hydrogen-bond donors (Lipinski definition) is 1. The van der Waals surface area contributed by atoms with Crippen LogP contribution in [0.4, 0.5) is 0 Å². The van der Waals surface area contributed by atoms with Crippen molar-refractivity contribution in [3.05, 3.63) is 0 Å². The van der Waals surface area contributed by atoms with Gasteiger partial charge in [0, 0.05) is 6.10 Å². The molecule has 0 rings (SSSR count). The molecule has 0 aromatic rings. The molecule has 0 bridgehead atoms. The molecule has 1 amide bonds. The van der Waals surface area contributed by atoms with Crippen molar-refractivity contribution in [1.29, 1.82) is 0 Å². The van der Waals surface area contributed by atoms with Gasteiger partial charge in [0.15, 0.2) is 0 Å². The Morgan fingerprint density at radius 3 is 1.36 bits per heavy atom. The first-order valence-electron chi connectivity index (χ1n) is 11.8. The minimum atomic E-state index is -0.167. The van der Waals surface area contributed by atoms with Gasteiger partial charge in [0.2, 0.25) is 0 Å². The number of aliphatic hydroxyl groups is 1. The number of quaternary nitrogens is 1. The zero-order valence-electron chi connectivity index (χ0n) is 20.1. The van der Waals surface area contributed by atoms with Gasteiger partial charge in [-0.05, 0) is 26.7 Å². The van der Waals surface area contributed by atoms with Crippen molar-refractivity contribution in [3.63, 3.8) is 0 Å². The number of carbonyl (C=O) groups is 1. The smallest absolute Gasteiger partial charge is 0.313 e. The summed E-state index contributed by atoms with van der Waals surface area (Å²) in [6.07, 6.45) is 19.4. The average molecular weight is 422 g/mol. The number of carbonyl (C=O) groups excluding carboxylic acids is 1. The van der Waals surface area contributed by atoms with Gasteiger partial charge in [0.25, 0.3) is 0 Å². The van der Waals surface area contributed by atoms with Gasteiger partial charge in [-0.15, -0.1) is 0 Å². The maximum absolute atomic E-state index is 12.1. The molecular weight excluding hydrogens is 370 g/mol. The predicted octanol–water partition coefficient (Wildman–Crippen LogP) is 3.87. The second kappa shape index (κ2) is 23.2. The van der Waals surface area contributed by atoms with Crippen LogP contribution < -0.4 is 12.4 Å². The molecule has 0 aliphatic heterocycles. The lowest BCUT2D eigenvalue weighted by Crippen LogP contribution is -3.00. The quantitative estimate of drug-likeness (QED) is 0.303. The van der Waals surface area contributed by atoms with Crippen LogP contribution in [0.1, 0.15) is 124 Å². The van der Waals surface area contributed by atoms with Crippen LogP contribution in [0.5, 0.6) is 0 Å². The molecule has 0 aliphatic carbocycles. The normalized spacial score (nSPS) is 11.0. The first-order valence-corrected chi connectivity index (χ1v) is 11.8. The highest BCUT2D eigenvalue weighted by atomic mass is 35.5. The average Bonchev–Trinajstić information content (AvgIpc) is 2.58. The van der Waals surface area contributed by atoms with E-state index in [2.05, 4.69) is 13.8 Å². The lowest BCUT2D eigenvalue weighted by molar-refractivity contribution is -0.814. The van der Waals surface area contributed by atoms with Crippen molar-refractivity contribution in [3.8, 4) is 0 Å². The third-order valence-corrected chi connectivity index (χ3v) is 4.95. The Bertz CT molecular complexity index is 317. The van der Waals surface area contributed by atoms with E-state index in [1.165, 1.54) is 77.0 Å². The Balaban J connectivity index is -0.00000113. The van der Waals surface area contributed by atoms with Crippen LogP contribution in [-0.4, -0.2) is 42.2 Å². The monoisotopic (exact) mass is 421 g/mol. The van der Waals surface area contributed by atoms with E-state index < -0.39 is 0 Å². The number of unbranched alkanes of at least 4 members (excludes halogenated alkanes) is 12. The van der Waals surface area contributed by atoms with Gasteiger partial charge >= 0.3 is 5.91 Å². The SMILES string of the molecule is CC(C)O.CCCCCCCCCCCCCCCC(=O)[N+](C)(C)CCC.[Cl-]. The molecule has 0 aromatic heterocycles. The van der Waals surface area contributed by atoms with E-state index >= 15 is 0 Å². The second-order valence-corrected chi connectivity index (χ2v) is 8.89. The number of amides is 1. The van der Waals surface area contributed by atoms with Gasteiger partial charge in [-0.3, -0.25) is 4.48 Å². The number of aliphatic hydroxyl groups excluding tert-OH is 1. The van der Waals surface area contributed by atoms with Crippen LogP contribution >= 0.6 is 0 Å². The number of rotatable bonds is 16. The van der Waals surface area contributed by atoms with Gasteiger partial charge in [0.05, 0.1) is 27.1 Å². The van der Waals surface area contributed by atoms with E-state index in [1.54, 1.807) is 13.8 Å². The fraction of sp³-hybridized carbons (Fsp3) is 0.958. The van der Waals surface area contributed by atoms with Crippen LogP contribution in [0, 0.1) is 0 Å². The van der Waals surface area contributed by atoms with Crippen LogP contribution in [0.25, 0.3) is 0 Å². The fourth-order valence-electron chi connectivity index (χ4n) is 3.28. The third-order valence-electron chi connectivity index (χ3n) is 4.95. The van der Waals surface area contributed by atoms with E-state index in [0.29, 0.717) is 10.4 Å². The van der Waals surface area contributed by atoms with Crippen LogP contribution in [0.2, 0.25) is 0 Å². The Hall–Kier alpha value is -0.120. The highest BCUT2D eigenvalue weighted by Gasteiger charge is 2.23. The molecular formula is C24H52ClNO2. The van der Waals surface area contributed by atoms with E-state index in [0.717, 1.165) is 25.8 Å². The zero-order chi connectivity index (χ0) is 21.0. The molecule has 0 fully saturated rings. The lowest BCUT2D eigenvalue weighted by Gasteiger charge is -2.26. The summed E-state index contributed by atoms with van der Waals surface area (Å²) in [5.74, 6) is 0.412. The highest BCUT2D eigenvalue weighted by molar-refractivity contribution is 5.68. The lowest BCUT2D eigenvalue weighted by atomic mass is 10.0. The molecule has 0 saturated carbocycles. The Kier molecular flexibility index (Phi) is 26.9. The molecule has 0 radical (unpaired) electrons. The van der Waals surface area contributed by atoms with E-state index in [-0.39, 0.29) is 18.5 Å². The molecule has 3 nitrogen and oxygen atoms in total. The van der Waals surface area contributed by atoms with Gasteiger partial charge in [-0.25, -0.2) is 4.79 Å². The standard InChI is InChI=1S/C21H44NO.C3H8O.ClH/c1-5-7-8-9-10-11-12-13-14-15-16-17-18-19-21(23)22(3,4)20-6-2;1-3(2)4;/h5-20H2,1-4H3;3-4H,1-2H3;1H/q+1;;/p-1. The molecule has 4 heteroatoms. The van der Waals surface area contributed by atoms with Gasteiger partial charge in [-0.2, -0.15) is 0 Å². The minimum Gasteiger partial charge on any atom is -1.00 e. The van der Waals surface area contributed by atoms with Gasteiger partial charge in [-0.1, -0.05) is 90.9 Å². The Morgan fingerprint density at radius 2 is 1.04 bits per heavy atom. The predicted molar refractivity (Wildman–Crippen MR) is 120 cm³/mol. The molecule has 0 aliphatic rings. The van der Waals surface area contributed by atoms with Crippen molar-refractivity contribution < 1.29 is 26.8 Å². The van der Waals surface area contributed by atoms with Crippen molar-refractivity contribution in [2.75, 3.05) is 20.6 Å². The largest absolute Gasteiger partial charge is 1.00 e. The summed E-state index contributed by atoms with van der Waals surface area (Å²) < 4.78 is 0.564. The first-order chi connectivity index (χ1) is 12.8. The van der Waals surface area contributed by atoms with Crippen LogP contribution in [0.15, 0.2) is 0 Å². The Labute approximate surface area is 183 Å². The Morgan fingerprint density at radius 1 is 0.714 bits per heavy atom. The molecule has 28 heavy (non-hydrogen) atoms. The third kappa shape index (κ3) is 25.9. The van der Waals surface area contributed by atoms with E-state index in [4.69, 9.17) is 5.11 Å². The maximum atomic E-state index is 12.1. The summed E-state index contributed by atoms with van der Waals surface area (Å²) >= 11 is 0. The molecule has 0 unspecified atom stereocenters. The summed E-state index contributed by atoms with van der Waals surface area (Å²) in [5, 5.41) is 8.06.